The number of rotatable bonds is 6. The molecule has 1 aromatic rings. The van der Waals surface area contributed by atoms with Crippen molar-refractivity contribution in [3.05, 3.63) is 29.6 Å². The van der Waals surface area contributed by atoms with Crippen molar-refractivity contribution in [2.75, 3.05) is 20.7 Å². The molecule has 0 heterocycles. The van der Waals surface area contributed by atoms with Crippen LogP contribution in [0, 0.1) is 11.7 Å². The first-order chi connectivity index (χ1) is 9.36. The van der Waals surface area contributed by atoms with Crippen LogP contribution < -0.4 is 10.5 Å². The second-order valence-corrected chi connectivity index (χ2v) is 5.27. The number of nitrogens with two attached hydrogens (primary N) is 1. The van der Waals surface area contributed by atoms with E-state index < -0.39 is 5.82 Å². The summed E-state index contributed by atoms with van der Waals surface area (Å²) in [6, 6.07) is 4.26. The highest BCUT2D eigenvalue weighted by atomic mass is 35.5. The standard InChI is InChI=1S/C15H23FN2O2.ClH/c1-10(2)14(17)7-8-18(3)15(19)12-6-5-11(20-4)9-13(12)16;/h5-6,9-10,14H,7-8,17H2,1-4H3;1H. The first kappa shape index (κ1) is 19.7. The zero-order valence-corrected chi connectivity index (χ0v) is 13.7. The average molecular weight is 319 g/mol. The lowest BCUT2D eigenvalue weighted by Crippen LogP contribution is -2.35. The van der Waals surface area contributed by atoms with Crippen molar-refractivity contribution in [2.24, 2.45) is 11.7 Å². The molecule has 0 aliphatic heterocycles. The van der Waals surface area contributed by atoms with E-state index >= 15 is 0 Å². The summed E-state index contributed by atoms with van der Waals surface area (Å²) in [6.45, 7) is 4.58. The molecular formula is C15H24ClFN2O2. The summed E-state index contributed by atoms with van der Waals surface area (Å²) < 4.78 is 18.7. The van der Waals surface area contributed by atoms with Gasteiger partial charge >= 0.3 is 0 Å². The van der Waals surface area contributed by atoms with Gasteiger partial charge in [-0.3, -0.25) is 4.79 Å². The van der Waals surface area contributed by atoms with Crippen molar-refractivity contribution in [1.29, 1.82) is 0 Å². The Morgan fingerprint density at radius 3 is 2.52 bits per heavy atom. The second kappa shape index (κ2) is 8.85. The SMILES string of the molecule is COc1ccc(C(=O)N(C)CCC(N)C(C)C)c(F)c1.Cl. The number of halogens is 2. The molecule has 6 heteroatoms. The molecule has 21 heavy (non-hydrogen) atoms. The number of nitrogens with zero attached hydrogens (tertiary/aromatic N) is 1. The number of hydrogen-bond donors (Lipinski definition) is 1. The van der Waals surface area contributed by atoms with Gasteiger partial charge in [-0.15, -0.1) is 12.4 Å². The highest BCUT2D eigenvalue weighted by molar-refractivity contribution is 5.94. The smallest absolute Gasteiger partial charge is 0.256 e. The molecule has 120 valence electrons. The Balaban J connectivity index is 0.00000400. The van der Waals surface area contributed by atoms with E-state index in [1.54, 1.807) is 13.1 Å². The predicted octanol–water partition coefficient (Wildman–Crippen LogP) is 2.70. The molecule has 0 saturated carbocycles. The van der Waals surface area contributed by atoms with Gasteiger partial charge in [0.05, 0.1) is 12.7 Å². The molecule has 0 saturated heterocycles. The first-order valence-corrected chi connectivity index (χ1v) is 6.71. The summed E-state index contributed by atoms with van der Waals surface area (Å²) in [4.78, 5) is 13.6. The quantitative estimate of drug-likeness (QED) is 0.877. The minimum Gasteiger partial charge on any atom is -0.497 e. The van der Waals surface area contributed by atoms with Crippen LogP contribution in [0.1, 0.15) is 30.6 Å². The van der Waals surface area contributed by atoms with Crippen LogP contribution in [-0.4, -0.2) is 37.6 Å². The Labute approximate surface area is 131 Å². The molecule has 0 aliphatic carbocycles. The molecule has 1 amide bonds. The molecule has 4 nitrogen and oxygen atoms in total. The van der Waals surface area contributed by atoms with Crippen LogP contribution in [0.25, 0.3) is 0 Å². The van der Waals surface area contributed by atoms with E-state index in [0.29, 0.717) is 24.6 Å². The third kappa shape index (κ3) is 5.52. The normalized spacial score (nSPS) is 11.8. The lowest BCUT2D eigenvalue weighted by Gasteiger charge is -2.21. The first-order valence-electron chi connectivity index (χ1n) is 6.71. The van der Waals surface area contributed by atoms with Crippen molar-refractivity contribution in [1.82, 2.24) is 4.90 Å². The van der Waals surface area contributed by atoms with Gasteiger partial charge in [0.2, 0.25) is 0 Å². The Hall–Kier alpha value is -1.33. The number of amides is 1. The Morgan fingerprint density at radius 2 is 2.05 bits per heavy atom. The third-order valence-electron chi connectivity index (χ3n) is 3.41. The van der Waals surface area contributed by atoms with Crippen LogP contribution in [0.2, 0.25) is 0 Å². The lowest BCUT2D eigenvalue weighted by atomic mass is 10.0. The zero-order valence-electron chi connectivity index (χ0n) is 12.9. The molecule has 1 atom stereocenters. The number of carbonyl (C=O) groups is 1. The van der Waals surface area contributed by atoms with Gasteiger partial charge in [0.25, 0.3) is 5.91 Å². The van der Waals surface area contributed by atoms with E-state index in [-0.39, 0.29) is 29.9 Å². The maximum Gasteiger partial charge on any atom is 0.256 e. The van der Waals surface area contributed by atoms with E-state index in [0.717, 1.165) is 0 Å². The molecule has 0 aromatic heterocycles. The number of hydrogen-bond acceptors (Lipinski definition) is 3. The molecule has 0 spiro atoms. The Bertz CT molecular complexity index is 469. The van der Waals surface area contributed by atoms with Crippen LogP contribution in [0.3, 0.4) is 0 Å². The Kier molecular flexibility index (Phi) is 8.29. The topological polar surface area (TPSA) is 55.6 Å². The van der Waals surface area contributed by atoms with E-state index in [1.165, 1.54) is 24.1 Å². The minimum atomic E-state index is -0.575. The summed E-state index contributed by atoms with van der Waals surface area (Å²) in [6.07, 6.45) is 0.692. The van der Waals surface area contributed by atoms with Gasteiger partial charge in [-0.05, 0) is 24.5 Å². The van der Waals surface area contributed by atoms with Gasteiger partial charge < -0.3 is 15.4 Å². The number of methoxy groups -OCH3 is 1. The fourth-order valence-electron chi connectivity index (χ4n) is 1.78. The highest BCUT2D eigenvalue weighted by Crippen LogP contribution is 2.17. The van der Waals surface area contributed by atoms with Gasteiger partial charge in [-0.2, -0.15) is 0 Å². The summed E-state index contributed by atoms with van der Waals surface area (Å²) in [5.41, 5.74) is 5.99. The number of carbonyl (C=O) groups excluding carboxylic acids is 1. The highest BCUT2D eigenvalue weighted by Gasteiger charge is 2.18. The van der Waals surface area contributed by atoms with Crippen molar-refractivity contribution >= 4 is 18.3 Å². The minimum absolute atomic E-state index is 0. The largest absolute Gasteiger partial charge is 0.497 e. The average Bonchev–Trinajstić information content (AvgIpc) is 2.43. The Morgan fingerprint density at radius 1 is 1.43 bits per heavy atom. The van der Waals surface area contributed by atoms with Crippen LogP contribution >= 0.6 is 12.4 Å². The summed E-state index contributed by atoms with van der Waals surface area (Å²) in [5, 5.41) is 0. The monoisotopic (exact) mass is 318 g/mol. The maximum absolute atomic E-state index is 13.8. The van der Waals surface area contributed by atoms with E-state index in [4.69, 9.17) is 10.5 Å². The second-order valence-electron chi connectivity index (χ2n) is 5.27. The summed E-state index contributed by atoms with van der Waals surface area (Å²) in [5.74, 6) is -0.171. The molecular weight excluding hydrogens is 295 g/mol. The van der Waals surface area contributed by atoms with Crippen molar-refractivity contribution in [3.63, 3.8) is 0 Å². The van der Waals surface area contributed by atoms with Crippen LogP contribution in [0.5, 0.6) is 5.75 Å². The van der Waals surface area contributed by atoms with E-state index in [9.17, 15) is 9.18 Å². The molecule has 1 unspecified atom stereocenters. The maximum atomic E-state index is 13.8. The van der Waals surface area contributed by atoms with Gasteiger partial charge in [0.15, 0.2) is 0 Å². The van der Waals surface area contributed by atoms with E-state index in [1.807, 2.05) is 13.8 Å². The third-order valence-corrected chi connectivity index (χ3v) is 3.41. The number of benzene rings is 1. The molecule has 0 fully saturated rings. The van der Waals surface area contributed by atoms with Crippen LogP contribution in [0.4, 0.5) is 4.39 Å². The fourth-order valence-corrected chi connectivity index (χ4v) is 1.78. The van der Waals surface area contributed by atoms with Crippen molar-refractivity contribution in [3.8, 4) is 5.75 Å². The molecule has 0 bridgehead atoms. The number of ether oxygens (including phenoxy) is 1. The van der Waals surface area contributed by atoms with Gasteiger partial charge in [-0.25, -0.2) is 4.39 Å². The van der Waals surface area contributed by atoms with Crippen LogP contribution in [0.15, 0.2) is 18.2 Å². The van der Waals surface area contributed by atoms with Crippen molar-refractivity contribution in [2.45, 2.75) is 26.3 Å². The summed E-state index contributed by atoms with van der Waals surface area (Å²) >= 11 is 0. The fraction of sp³-hybridized carbons (Fsp3) is 0.533. The van der Waals surface area contributed by atoms with Gasteiger partial charge in [-0.1, -0.05) is 13.8 Å². The van der Waals surface area contributed by atoms with Gasteiger partial charge in [0.1, 0.15) is 11.6 Å². The molecule has 0 aliphatic rings. The molecule has 1 aromatic carbocycles. The lowest BCUT2D eigenvalue weighted by molar-refractivity contribution is 0.0784. The van der Waals surface area contributed by atoms with Crippen molar-refractivity contribution < 1.29 is 13.9 Å². The van der Waals surface area contributed by atoms with E-state index in [2.05, 4.69) is 0 Å². The molecule has 2 N–H and O–H groups in total. The van der Waals surface area contributed by atoms with Gasteiger partial charge in [0, 0.05) is 25.7 Å². The van der Waals surface area contributed by atoms with Crippen LogP contribution in [-0.2, 0) is 0 Å². The predicted molar refractivity (Wildman–Crippen MR) is 84.6 cm³/mol. The zero-order chi connectivity index (χ0) is 15.3. The summed E-state index contributed by atoms with van der Waals surface area (Å²) in [7, 11) is 3.11. The molecule has 1 rings (SSSR count). The molecule has 0 radical (unpaired) electrons.